The Bertz CT molecular complexity index is 523. The Balaban J connectivity index is 1.96. The van der Waals surface area contributed by atoms with E-state index in [1.165, 1.54) is 10.4 Å². The molecule has 1 aliphatic rings. The number of thiophene rings is 1. The van der Waals surface area contributed by atoms with Crippen LogP contribution in [-0.2, 0) is 0 Å². The molecule has 0 aliphatic carbocycles. The molecule has 1 atom stereocenters. The van der Waals surface area contributed by atoms with Crippen molar-refractivity contribution in [3.8, 4) is 0 Å². The number of hydrogen-bond donors (Lipinski definition) is 1. The summed E-state index contributed by atoms with van der Waals surface area (Å²) in [7, 11) is 0. The molecule has 2 aromatic rings. The first-order valence-corrected chi connectivity index (χ1v) is 8.11. The Labute approximate surface area is 125 Å². The lowest BCUT2D eigenvalue weighted by Crippen LogP contribution is -2.45. The third kappa shape index (κ3) is 3.05. The topological polar surface area (TPSA) is 28.2 Å². The number of halogens is 1. The van der Waals surface area contributed by atoms with Crippen LogP contribution in [0.3, 0.4) is 0 Å². The molecule has 1 saturated heterocycles. The molecule has 1 fully saturated rings. The van der Waals surface area contributed by atoms with Gasteiger partial charge in [-0.25, -0.2) is 4.98 Å². The Kier molecular flexibility index (Phi) is 4.28. The van der Waals surface area contributed by atoms with Gasteiger partial charge in [0.1, 0.15) is 4.60 Å². The van der Waals surface area contributed by atoms with Crippen molar-refractivity contribution in [2.45, 2.75) is 6.04 Å². The van der Waals surface area contributed by atoms with E-state index in [0.717, 1.165) is 30.8 Å². The maximum atomic E-state index is 4.24. The zero-order valence-electron chi connectivity index (χ0n) is 10.6. The molecule has 1 N–H and O–H groups in total. The van der Waals surface area contributed by atoms with E-state index in [2.05, 4.69) is 60.8 Å². The number of pyridine rings is 1. The molecule has 0 aromatic carbocycles. The second kappa shape index (κ2) is 6.13. The highest BCUT2D eigenvalue weighted by molar-refractivity contribution is 9.10. The van der Waals surface area contributed by atoms with Gasteiger partial charge in [0.25, 0.3) is 0 Å². The van der Waals surface area contributed by atoms with Gasteiger partial charge in [0.2, 0.25) is 0 Å². The normalized spacial score (nSPS) is 18.4. The molecule has 19 heavy (non-hydrogen) atoms. The highest BCUT2D eigenvalue weighted by Crippen LogP contribution is 2.32. The first-order valence-electron chi connectivity index (χ1n) is 6.44. The van der Waals surface area contributed by atoms with E-state index in [1.807, 2.05) is 17.5 Å². The molecular weight excluding hydrogens is 322 g/mol. The highest BCUT2D eigenvalue weighted by atomic mass is 79.9. The van der Waals surface area contributed by atoms with E-state index in [9.17, 15) is 0 Å². The summed E-state index contributed by atoms with van der Waals surface area (Å²) in [5.41, 5.74) is 1.31. The van der Waals surface area contributed by atoms with Gasteiger partial charge in [0.05, 0.1) is 6.04 Å². The molecule has 0 radical (unpaired) electrons. The lowest BCUT2D eigenvalue weighted by atomic mass is 10.0. The summed E-state index contributed by atoms with van der Waals surface area (Å²) in [5, 5.41) is 5.57. The van der Waals surface area contributed by atoms with Gasteiger partial charge in [-0.05, 0) is 45.1 Å². The van der Waals surface area contributed by atoms with Crippen LogP contribution in [0.5, 0.6) is 0 Å². The fourth-order valence-electron chi connectivity index (χ4n) is 2.53. The monoisotopic (exact) mass is 337 g/mol. The number of piperazine rings is 1. The van der Waals surface area contributed by atoms with Gasteiger partial charge < -0.3 is 5.32 Å². The Morgan fingerprint density at radius 1 is 1.32 bits per heavy atom. The standard InChI is InChI=1S/C14H16BrN3S/c15-13-10-11(3-4-17-13)14(12-2-1-9-19-12)18-7-5-16-6-8-18/h1-4,9-10,14,16H,5-8H2/t14-/m1/s1. The number of nitrogens with one attached hydrogen (secondary N) is 1. The SMILES string of the molecule is Brc1cc([C@H](c2cccs2)N2CCNCC2)ccn1. The minimum Gasteiger partial charge on any atom is -0.314 e. The van der Waals surface area contributed by atoms with Crippen molar-refractivity contribution < 1.29 is 0 Å². The molecule has 0 saturated carbocycles. The van der Waals surface area contributed by atoms with Gasteiger partial charge in [-0.1, -0.05) is 6.07 Å². The Hall–Kier alpha value is -0.750. The first kappa shape index (κ1) is 13.2. The fourth-order valence-corrected chi connectivity index (χ4v) is 3.80. The maximum absolute atomic E-state index is 4.24. The van der Waals surface area contributed by atoms with Crippen molar-refractivity contribution in [3.63, 3.8) is 0 Å². The fraction of sp³-hybridized carbons (Fsp3) is 0.357. The molecule has 3 rings (SSSR count). The predicted octanol–water partition coefficient (Wildman–Crippen LogP) is 2.90. The summed E-state index contributed by atoms with van der Waals surface area (Å²) >= 11 is 5.31. The molecule has 100 valence electrons. The molecular formula is C14H16BrN3S. The number of hydrogen-bond acceptors (Lipinski definition) is 4. The van der Waals surface area contributed by atoms with Gasteiger partial charge in [0.15, 0.2) is 0 Å². The van der Waals surface area contributed by atoms with Crippen molar-refractivity contribution in [2.75, 3.05) is 26.2 Å². The minimum absolute atomic E-state index is 0.349. The van der Waals surface area contributed by atoms with Crippen LogP contribution in [0.4, 0.5) is 0 Å². The smallest absolute Gasteiger partial charge is 0.106 e. The minimum atomic E-state index is 0.349. The molecule has 0 bridgehead atoms. The summed E-state index contributed by atoms with van der Waals surface area (Å²) in [6.45, 7) is 4.30. The van der Waals surface area contributed by atoms with E-state index in [0.29, 0.717) is 6.04 Å². The van der Waals surface area contributed by atoms with Crippen LogP contribution >= 0.6 is 27.3 Å². The van der Waals surface area contributed by atoms with E-state index < -0.39 is 0 Å². The Morgan fingerprint density at radius 2 is 2.16 bits per heavy atom. The van der Waals surface area contributed by atoms with E-state index >= 15 is 0 Å². The average Bonchev–Trinajstić information content (AvgIpc) is 2.94. The molecule has 2 aromatic heterocycles. The summed E-state index contributed by atoms with van der Waals surface area (Å²) in [6.07, 6.45) is 1.88. The van der Waals surface area contributed by atoms with Crippen molar-refractivity contribution in [1.29, 1.82) is 0 Å². The van der Waals surface area contributed by atoms with Gasteiger partial charge in [-0.3, -0.25) is 4.90 Å². The van der Waals surface area contributed by atoms with Crippen molar-refractivity contribution >= 4 is 27.3 Å². The highest BCUT2D eigenvalue weighted by Gasteiger charge is 2.24. The van der Waals surface area contributed by atoms with Crippen LogP contribution in [0.15, 0.2) is 40.4 Å². The lowest BCUT2D eigenvalue weighted by Gasteiger charge is -2.34. The van der Waals surface area contributed by atoms with E-state index in [4.69, 9.17) is 0 Å². The second-order valence-electron chi connectivity index (χ2n) is 4.62. The third-order valence-electron chi connectivity index (χ3n) is 3.40. The number of aromatic nitrogens is 1. The largest absolute Gasteiger partial charge is 0.314 e. The lowest BCUT2D eigenvalue weighted by molar-refractivity contribution is 0.200. The van der Waals surface area contributed by atoms with Gasteiger partial charge >= 0.3 is 0 Å². The first-order chi connectivity index (χ1) is 9.34. The van der Waals surface area contributed by atoms with Crippen LogP contribution in [0.25, 0.3) is 0 Å². The van der Waals surface area contributed by atoms with Crippen molar-refractivity contribution in [1.82, 2.24) is 15.2 Å². The molecule has 1 aliphatic heterocycles. The molecule has 0 spiro atoms. The maximum Gasteiger partial charge on any atom is 0.106 e. The van der Waals surface area contributed by atoms with Crippen LogP contribution in [0, 0.1) is 0 Å². The van der Waals surface area contributed by atoms with E-state index in [1.54, 1.807) is 0 Å². The molecule has 0 amide bonds. The Morgan fingerprint density at radius 3 is 2.84 bits per heavy atom. The van der Waals surface area contributed by atoms with Crippen LogP contribution in [0.1, 0.15) is 16.5 Å². The molecule has 0 unspecified atom stereocenters. The number of rotatable bonds is 3. The van der Waals surface area contributed by atoms with Gasteiger partial charge in [-0.15, -0.1) is 11.3 Å². The summed E-state index contributed by atoms with van der Waals surface area (Å²) in [4.78, 5) is 8.19. The van der Waals surface area contributed by atoms with E-state index in [-0.39, 0.29) is 0 Å². The molecule has 3 nitrogen and oxygen atoms in total. The van der Waals surface area contributed by atoms with Crippen LogP contribution in [0.2, 0.25) is 0 Å². The van der Waals surface area contributed by atoms with Crippen LogP contribution < -0.4 is 5.32 Å². The van der Waals surface area contributed by atoms with Gasteiger partial charge in [0, 0.05) is 37.3 Å². The van der Waals surface area contributed by atoms with Crippen LogP contribution in [-0.4, -0.2) is 36.1 Å². The summed E-state index contributed by atoms with van der Waals surface area (Å²) < 4.78 is 0.904. The molecule has 3 heterocycles. The van der Waals surface area contributed by atoms with Gasteiger partial charge in [-0.2, -0.15) is 0 Å². The predicted molar refractivity (Wildman–Crippen MR) is 82.5 cm³/mol. The summed E-state index contributed by atoms with van der Waals surface area (Å²) in [6, 6.07) is 8.96. The summed E-state index contributed by atoms with van der Waals surface area (Å²) in [5.74, 6) is 0. The van der Waals surface area contributed by atoms with Crippen molar-refractivity contribution in [3.05, 3.63) is 50.9 Å². The molecule has 5 heteroatoms. The quantitative estimate of drug-likeness (QED) is 0.873. The van der Waals surface area contributed by atoms with Crippen molar-refractivity contribution in [2.24, 2.45) is 0 Å². The third-order valence-corrected chi connectivity index (χ3v) is 4.75. The number of nitrogens with zero attached hydrogens (tertiary/aromatic N) is 2. The second-order valence-corrected chi connectivity index (χ2v) is 6.41. The zero-order valence-corrected chi connectivity index (χ0v) is 13.0. The zero-order chi connectivity index (χ0) is 13.1. The average molecular weight is 338 g/mol.